The monoisotopic (exact) mass is 386 g/mol. The first kappa shape index (κ1) is 19.1. The van der Waals surface area contributed by atoms with Gasteiger partial charge in [0.15, 0.2) is 0 Å². The number of aromatic nitrogens is 3. The zero-order valence-corrected chi connectivity index (χ0v) is 16.7. The van der Waals surface area contributed by atoms with E-state index in [-0.39, 0.29) is 11.9 Å². The molecular formula is C24H26N4O. The SMILES string of the molecule is C[C@@H](NC(=O)/C=C/c1cn(Cc2ccccc2)nn1)c1ccc2c(c1)CCCC2. The predicted molar refractivity (Wildman–Crippen MR) is 114 cm³/mol. The minimum absolute atomic E-state index is 0.0341. The lowest BCUT2D eigenvalue weighted by Gasteiger charge is -2.19. The largest absolute Gasteiger partial charge is 0.346 e. The highest BCUT2D eigenvalue weighted by Crippen LogP contribution is 2.24. The van der Waals surface area contributed by atoms with Crippen molar-refractivity contribution >= 4 is 12.0 Å². The maximum absolute atomic E-state index is 12.3. The molecule has 0 saturated heterocycles. The lowest BCUT2D eigenvalue weighted by Crippen LogP contribution is -2.24. The summed E-state index contributed by atoms with van der Waals surface area (Å²) in [7, 11) is 0. The standard InChI is InChI=1S/C24H26N4O/c1-18(21-12-11-20-9-5-6-10-22(20)15-21)25-24(29)14-13-23-17-28(27-26-23)16-19-7-3-2-4-8-19/h2-4,7-8,11-15,17-18H,5-6,9-10,16H2,1H3,(H,25,29)/b14-13+/t18-/m1/s1. The van der Waals surface area contributed by atoms with E-state index >= 15 is 0 Å². The van der Waals surface area contributed by atoms with Gasteiger partial charge in [-0.25, -0.2) is 4.68 Å². The van der Waals surface area contributed by atoms with Gasteiger partial charge in [0.1, 0.15) is 5.69 Å². The normalized spacial score (nSPS) is 14.5. The molecule has 1 aliphatic rings. The Bertz CT molecular complexity index is 1010. The summed E-state index contributed by atoms with van der Waals surface area (Å²) in [5, 5.41) is 11.3. The third-order valence-corrected chi connectivity index (χ3v) is 5.38. The highest BCUT2D eigenvalue weighted by Gasteiger charge is 2.13. The molecule has 0 aliphatic heterocycles. The molecule has 148 valence electrons. The molecule has 0 radical (unpaired) electrons. The van der Waals surface area contributed by atoms with Gasteiger partial charge in [0, 0.05) is 6.08 Å². The molecule has 1 aliphatic carbocycles. The number of carbonyl (C=O) groups excluding carboxylic acids is 1. The van der Waals surface area contributed by atoms with Gasteiger partial charge in [-0.2, -0.15) is 0 Å². The van der Waals surface area contributed by atoms with E-state index in [4.69, 9.17) is 0 Å². The number of fused-ring (bicyclic) bond motifs is 1. The van der Waals surface area contributed by atoms with Crippen LogP contribution >= 0.6 is 0 Å². The maximum Gasteiger partial charge on any atom is 0.244 e. The molecule has 29 heavy (non-hydrogen) atoms. The Labute approximate surface area is 171 Å². The summed E-state index contributed by atoms with van der Waals surface area (Å²) in [6, 6.07) is 16.7. The fraction of sp³-hybridized carbons (Fsp3) is 0.292. The minimum Gasteiger partial charge on any atom is -0.346 e. The van der Waals surface area contributed by atoms with Crippen molar-refractivity contribution < 1.29 is 4.79 Å². The molecule has 0 bridgehead atoms. The Kier molecular flexibility index (Phi) is 5.84. The number of nitrogens with zero attached hydrogens (tertiary/aromatic N) is 3. The van der Waals surface area contributed by atoms with Crippen LogP contribution in [0, 0.1) is 0 Å². The lowest BCUT2D eigenvalue weighted by atomic mass is 9.89. The molecule has 1 heterocycles. The first-order valence-electron chi connectivity index (χ1n) is 10.2. The molecule has 0 spiro atoms. The molecule has 1 N–H and O–H groups in total. The van der Waals surface area contributed by atoms with Gasteiger partial charge in [0.05, 0.1) is 18.8 Å². The van der Waals surface area contributed by atoms with Crippen molar-refractivity contribution in [2.45, 2.75) is 45.2 Å². The van der Waals surface area contributed by atoms with Gasteiger partial charge in [-0.05, 0) is 60.9 Å². The number of carbonyl (C=O) groups is 1. The van der Waals surface area contributed by atoms with Gasteiger partial charge in [0.2, 0.25) is 5.91 Å². The van der Waals surface area contributed by atoms with Crippen LogP contribution in [0.25, 0.3) is 6.08 Å². The van der Waals surface area contributed by atoms with Crippen LogP contribution in [0.4, 0.5) is 0 Å². The van der Waals surface area contributed by atoms with Crippen molar-refractivity contribution in [3.05, 3.63) is 88.8 Å². The summed E-state index contributed by atoms with van der Waals surface area (Å²) >= 11 is 0. The minimum atomic E-state index is -0.132. The zero-order valence-electron chi connectivity index (χ0n) is 16.7. The van der Waals surface area contributed by atoms with Gasteiger partial charge in [-0.15, -0.1) is 5.10 Å². The lowest BCUT2D eigenvalue weighted by molar-refractivity contribution is -0.117. The summed E-state index contributed by atoms with van der Waals surface area (Å²) in [5.41, 5.74) is 5.86. The summed E-state index contributed by atoms with van der Waals surface area (Å²) in [5.74, 6) is -0.132. The van der Waals surface area contributed by atoms with Crippen molar-refractivity contribution in [1.29, 1.82) is 0 Å². The molecule has 4 rings (SSSR count). The first-order chi connectivity index (χ1) is 14.2. The van der Waals surface area contributed by atoms with Crippen molar-refractivity contribution in [3.63, 3.8) is 0 Å². The average molecular weight is 386 g/mol. The molecule has 3 aromatic rings. The van der Waals surface area contributed by atoms with Crippen LogP contribution in [-0.4, -0.2) is 20.9 Å². The average Bonchev–Trinajstić information content (AvgIpc) is 3.20. The zero-order chi connectivity index (χ0) is 20.1. The number of rotatable bonds is 6. The molecule has 2 aromatic carbocycles. The highest BCUT2D eigenvalue weighted by atomic mass is 16.1. The van der Waals surface area contributed by atoms with Gasteiger partial charge >= 0.3 is 0 Å². The Morgan fingerprint density at radius 3 is 2.76 bits per heavy atom. The summed E-state index contributed by atoms with van der Waals surface area (Å²) in [6.45, 7) is 2.68. The second-order valence-electron chi connectivity index (χ2n) is 7.63. The molecule has 5 heteroatoms. The van der Waals surface area contributed by atoms with Crippen molar-refractivity contribution in [1.82, 2.24) is 20.3 Å². The van der Waals surface area contributed by atoms with E-state index in [2.05, 4.69) is 33.8 Å². The van der Waals surface area contributed by atoms with Crippen LogP contribution in [0.2, 0.25) is 0 Å². The van der Waals surface area contributed by atoms with Crippen molar-refractivity contribution in [3.8, 4) is 0 Å². The smallest absolute Gasteiger partial charge is 0.244 e. The van der Waals surface area contributed by atoms with Crippen LogP contribution in [0.1, 0.15) is 53.8 Å². The fourth-order valence-corrected chi connectivity index (χ4v) is 3.77. The van der Waals surface area contributed by atoms with Crippen LogP contribution in [0.3, 0.4) is 0 Å². The third kappa shape index (κ3) is 4.99. The maximum atomic E-state index is 12.3. The number of aryl methyl sites for hydroxylation is 2. The topological polar surface area (TPSA) is 59.8 Å². The Hall–Kier alpha value is -3.21. The van der Waals surface area contributed by atoms with Crippen LogP contribution in [0.15, 0.2) is 60.8 Å². The Morgan fingerprint density at radius 1 is 1.14 bits per heavy atom. The van der Waals surface area contributed by atoms with Gasteiger partial charge in [0.25, 0.3) is 0 Å². The van der Waals surface area contributed by atoms with Crippen molar-refractivity contribution in [2.24, 2.45) is 0 Å². The van der Waals surface area contributed by atoms with E-state index in [1.165, 1.54) is 36.5 Å². The van der Waals surface area contributed by atoms with Crippen LogP contribution in [-0.2, 0) is 24.2 Å². The summed E-state index contributed by atoms with van der Waals surface area (Å²) in [4.78, 5) is 12.3. The van der Waals surface area contributed by atoms with Gasteiger partial charge < -0.3 is 5.32 Å². The molecule has 1 amide bonds. The first-order valence-corrected chi connectivity index (χ1v) is 10.2. The van der Waals surface area contributed by atoms with E-state index in [1.807, 2.05) is 43.5 Å². The molecular weight excluding hydrogens is 360 g/mol. The van der Waals surface area contributed by atoms with Gasteiger partial charge in [-0.3, -0.25) is 4.79 Å². The Balaban J connectivity index is 1.34. The van der Waals surface area contributed by atoms with E-state index in [0.29, 0.717) is 12.2 Å². The number of hydrogen-bond donors (Lipinski definition) is 1. The van der Waals surface area contributed by atoms with Crippen molar-refractivity contribution in [2.75, 3.05) is 0 Å². The third-order valence-electron chi connectivity index (χ3n) is 5.38. The fourth-order valence-electron chi connectivity index (χ4n) is 3.77. The number of amides is 1. The van der Waals surface area contributed by atoms with E-state index in [1.54, 1.807) is 10.8 Å². The van der Waals surface area contributed by atoms with E-state index in [9.17, 15) is 4.79 Å². The number of nitrogens with one attached hydrogen (secondary N) is 1. The van der Waals surface area contributed by atoms with E-state index < -0.39 is 0 Å². The molecule has 5 nitrogen and oxygen atoms in total. The van der Waals surface area contributed by atoms with Crippen LogP contribution in [0.5, 0.6) is 0 Å². The number of hydrogen-bond acceptors (Lipinski definition) is 3. The Morgan fingerprint density at radius 2 is 1.93 bits per heavy atom. The molecule has 0 fully saturated rings. The second-order valence-corrected chi connectivity index (χ2v) is 7.63. The second kappa shape index (κ2) is 8.86. The number of benzene rings is 2. The summed E-state index contributed by atoms with van der Waals surface area (Å²) in [6.07, 6.45) is 9.90. The highest BCUT2D eigenvalue weighted by molar-refractivity contribution is 5.91. The molecule has 0 unspecified atom stereocenters. The van der Waals surface area contributed by atoms with Gasteiger partial charge in [-0.1, -0.05) is 53.7 Å². The predicted octanol–water partition coefficient (Wildman–Crippen LogP) is 4.10. The molecule has 1 aromatic heterocycles. The quantitative estimate of drug-likeness (QED) is 0.649. The van der Waals surface area contributed by atoms with Crippen LogP contribution < -0.4 is 5.32 Å². The molecule has 0 saturated carbocycles. The van der Waals surface area contributed by atoms with E-state index in [0.717, 1.165) is 17.5 Å². The summed E-state index contributed by atoms with van der Waals surface area (Å²) < 4.78 is 1.77. The molecule has 1 atom stereocenters.